The number of thiophene rings is 1. The van der Waals surface area contributed by atoms with Crippen LogP contribution < -0.4 is 4.90 Å². The first-order valence-electron chi connectivity index (χ1n) is 7.61. The number of carbonyl (C=O) groups is 1. The molecule has 0 radical (unpaired) electrons. The normalized spacial score (nSPS) is 15.3. The van der Waals surface area contributed by atoms with Crippen molar-refractivity contribution in [1.82, 2.24) is 19.9 Å². The summed E-state index contributed by atoms with van der Waals surface area (Å²) in [5, 5.41) is 1.11. The molecule has 0 aromatic carbocycles. The second-order valence-corrected chi connectivity index (χ2v) is 6.87. The van der Waals surface area contributed by atoms with Crippen LogP contribution in [-0.4, -0.2) is 51.9 Å². The lowest BCUT2D eigenvalue weighted by Crippen LogP contribution is -2.49. The lowest BCUT2D eigenvalue weighted by atomic mass is 10.2. The first kappa shape index (κ1) is 14.2. The Morgan fingerprint density at radius 2 is 2.09 bits per heavy atom. The minimum atomic E-state index is 0.0638. The highest BCUT2D eigenvalue weighted by atomic mass is 32.1. The lowest BCUT2D eigenvalue weighted by Gasteiger charge is -2.35. The Hall–Kier alpha value is -2.41. The first-order valence-corrected chi connectivity index (χ1v) is 8.43. The summed E-state index contributed by atoms with van der Waals surface area (Å²) in [6.07, 6.45) is 3.41. The SMILES string of the molecule is Cc1cc2c(N3CCN(C(=O)c4ccc[nH]4)CC3)ncnc2s1. The number of aryl methyl sites for hydroxylation is 1. The van der Waals surface area contributed by atoms with E-state index in [2.05, 4.69) is 32.8 Å². The molecule has 23 heavy (non-hydrogen) atoms. The molecule has 118 valence electrons. The van der Waals surface area contributed by atoms with Gasteiger partial charge in [-0.1, -0.05) is 0 Å². The summed E-state index contributed by atoms with van der Waals surface area (Å²) < 4.78 is 0. The summed E-state index contributed by atoms with van der Waals surface area (Å²) >= 11 is 1.69. The zero-order valence-electron chi connectivity index (χ0n) is 12.8. The van der Waals surface area contributed by atoms with Gasteiger partial charge in [0, 0.05) is 37.3 Å². The highest BCUT2D eigenvalue weighted by molar-refractivity contribution is 7.18. The number of nitrogens with zero attached hydrogens (tertiary/aromatic N) is 4. The van der Waals surface area contributed by atoms with Crippen molar-refractivity contribution in [2.24, 2.45) is 0 Å². The van der Waals surface area contributed by atoms with Crippen LogP contribution in [0.4, 0.5) is 5.82 Å². The molecule has 0 atom stereocenters. The number of carbonyl (C=O) groups excluding carboxylic acids is 1. The molecule has 0 aliphatic carbocycles. The van der Waals surface area contributed by atoms with Crippen LogP contribution in [-0.2, 0) is 0 Å². The third kappa shape index (κ3) is 2.57. The second-order valence-electron chi connectivity index (χ2n) is 5.64. The highest BCUT2D eigenvalue weighted by Crippen LogP contribution is 2.30. The van der Waals surface area contributed by atoms with E-state index in [0.717, 1.165) is 29.1 Å². The van der Waals surface area contributed by atoms with E-state index in [9.17, 15) is 4.79 Å². The number of piperazine rings is 1. The monoisotopic (exact) mass is 327 g/mol. The van der Waals surface area contributed by atoms with Gasteiger partial charge in [0.05, 0.1) is 5.39 Å². The number of hydrogen-bond acceptors (Lipinski definition) is 5. The predicted molar refractivity (Wildman–Crippen MR) is 91.1 cm³/mol. The van der Waals surface area contributed by atoms with Crippen LogP contribution in [0.25, 0.3) is 10.2 Å². The Bertz CT molecular complexity index is 833. The van der Waals surface area contributed by atoms with Crippen molar-refractivity contribution in [3.8, 4) is 0 Å². The van der Waals surface area contributed by atoms with Gasteiger partial charge in [-0.05, 0) is 25.1 Å². The molecule has 7 heteroatoms. The Morgan fingerprint density at radius 1 is 1.26 bits per heavy atom. The van der Waals surface area contributed by atoms with Crippen molar-refractivity contribution >= 4 is 33.3 Å². The van der Waals surface area contributed by atoms with Gasteiger partial charge in [0.25, 0.3) is 5.91 Å². The van der Waals surface area contributed by atoms with Gasteiger partial charge in [0.1, 0.15) is 22.7 Å². The summed E-state index contributed by atoms with van der Waals surface area (Å²) in [7, 11) is 0. The molecular formula is C16H17N5OS. The minimum absolute atomic E-state index is 0.0638. The lowest BCUT2D eigenvalue weighted by molar-refractivity contribution is 0.0741. The topological polar surface area (TPSA) is 65.1 Å². The largest absolute Gasteiger partial charge is 0.357 e. The smallest absolute Gasteiger partial charge is 0.270 e. The maximum absolute atomic E-state index is 12.4. The maximum Gasteiger partial charge on any atom is 0.270 e. The molecule has 1 fully saturated rings. The number of fused-ring (bicyclic) bond motifs is 1. The number of aromatic nitrogens is 3. The molecule has 0 unspecified atom stereocenters. The third-order valence-corrected chi connectivity index (χ3v) is 5.08. The molecule has 3 aromatic rings. The number of H-pyrrole nitrogens is 1. The number of hydrogen-bond donors (Lipinski definition) is 1. The maximum atomic E-state index is 12.4. The van der Waals surface area contributed by atoms with Crippen molar-refractivity contribution < 1.29 is 4.79 Å². The van der Waals surface area contributed by atoms with Crippen LogP contribution in [0.15, 0.2) is 30.7 Å². The molecule has 0 bridgehead atoms. The van der Waals surface area contributed by atoms with Gasteiger partial charge in [0.15, 0.2) is 0 Å². The van der Waals surface area contributed by atoms with E-state index in [-0.39, 0.29) is 5.91 Å². The molecule has 0 spiro atoms. The van der Waals surface area contributed by atoms with Crippen LogP contribution in [0, 0.1) is 6.92 Å². The van der Waals surface area contributed by atoms with E-state index in [4.69, 9.17) is 0 Å². The Kier molecular flexibility index (Phi) is 3.49. The second kappa shape index (κ2) is 5.66. The van der Waals surface area contributed by atoms with Gasteiger partial charge in [-0.15, -0.1) is 11.3 Å². The predicted octanol–water partition coefficient (Wildman–Crippen LogP) is 2.29. The van der Waals surface area contributed by atoms with E-state index >= 15 is 0 Å². The number of rotatable bonds is 2. The molecule has 3 aromatic heterocycles. The van der Waals surface area contributed by atoms with Gasteiger partial charge < -0.3 is 14.8 Å². The van der Waals surface area contributed by atoms with Gasteiger partial charge in [0.2, 0.25) is 0 Å². The summed E-state index contributed by atoms with van der Waals surface area (Å²) in [6, 6.07) is 5.81. The number of aromatic amines is 1. The molecule has 1 aliphatic heterocycles. The van der Waals surface area contributed by atoms with E-state index in [1.165, 1.54) is 4.88 Å². The quantitative estimate of drug-likeness (QED) is 0.784. The summed E-state index contributed by atoms with van der Waals surface area (Å²) in [5.41, 5.74) is 0.649. The number of nitrogens with one attached hydrogen (secondary N) is 1. The molecule has 1 amide bonds. The highest BCUT2D eigenvalue weighted by Gasteiger charge is 2.24. The minimum Gasteiger partial charge on any atom is -0.357 e. The van der Waals surface area contributed by atoms with E-state index in [1.807, 2.05) is 17.0 Å². The van der Waals surface area contributed by atoms with Crippen LogP contribution in [0.5, 0.6) is 0 Å². The third-order valence-electron chi connectivity index (χ3n) is 4.13. The van der Waals surface area contributed by atoms with Gasteiger partial charge in [-0.3, -0.25) is 4.79 Å². The van der Waals surface area contributed by atoms with Crippen LogP contribution in [0.3, 0.4) is 0 Å². The summed E-state index contributed by atoms with van der Waals surface area (Å²) in [6.45, 7) is 5.06. The van der Waals surface area contributed by atoms with Crippen molar-refractivity contribution in [2.45, 2.75) is 6.92 Å². The molecule has 6 nitrogen and oxygen atoms in total. The zero-order chi connectivity index (χ0) is 15.8. The summed E-state index contributed by atoms with van der Waals surface area (Å²) in [5.74, 6) is 1.04. The fourth-order valence-electron chi connectivity index (χ4n) is 2.97. The zero-order valence-corrected chi connectivity index (χ0v) is 13.6. The Morgan fingerprint density at radius 3 is 2.83 bits per heavy atom. The fraction of sp³-hybridized carbons (Fsp3) is 0.312. The van der Waals surface area contributed by atoms with Crippen molar-refractivity contribution in [3.05, 3.63) is 41.3 Å². The molecule has 1 N–H and O–H groups in total. The molecule has 1 saturated heterocycles. The van der Waals surface area contributed by atoms with Gasteiger partial charge in [-0.2, -0.15) is 0 Å². The van der Waals surface area contributed by atoms with Crippen LogP contribution in [0.1, 0.15) is 15.4 Å². The van der Waals surface area contributed by atoms with Gasteiger partial charge >= 0.3 is 0 Å². The van der Waals surface area contributed by atoms with Crippen molar-refractivity contribution in [2.75, 3.05) is 31.1 Å². The standard InChI is InChI=1S/C16H17N5OS/c1-11-9-12-14(18-10-19-15(12)23-11)20-5-7-21(8-6-20)16(22)13-3-2-4-17-13/h2-4,9-10,17H,5-8H2,1H3. The Labute approximate surface area is 137 Å². The van der Waals surface area contributed by atoms with Gasteiger partial charge in [-0.25, -0.2) is 9.97 Å². The van der Waals surface area contributed by atoms with Crippen LogP contribution in [0.2, 0.25) is 0 Å². The van der Waals surface area contributed by atoms with Crippen molar-refractivity contribution in [1.29, 1.82) is 0 Å². The number of amides is 1. The molecule has 1 aliphatic rings. The van der Waals surface area contributed by atoms with Crippen LogP contribution >= 0.6 is 11.3 Å². The molecule has 4 heterocycles. The van der Waals surface area contributed by atoms with E-state index in [1.54, 1.807) is 23.9 Å². The molecule has 0 saturated carbocycles. The fourth-order valence-corrected chi connectivity index (χ4v) is 3.81. The van der Waals surface area contributed by atoms with Crippen molar-refractivity contribution in [3.63, 3.8) is 0 Å². The van der Waals surface area contributed by atoms with E-state index < -0.39 is 0 Å². The average molecular weight is 327 g/mol. The molecular weight excluding hydrogens is 310 g/mol. The Balaban J connectivity index is 1.52. The average Bonchev–Trinajstić information content (AvgIpc) is 3.22. The summed E-state index contributed by atoms with van der Waals surface area (Å²) in [4.78, 5) is 30.6. The molecule has 4 rings (SSSR count). The number of anilines is 1. The van der Waals surface area contributed by atoms with E-state index in [0.29, 0.717) is 18.8 Å². The first-order chi connectivity index (χ1) is 11.2.